The molecule has 3 rings (SSSR count). The molecule has 0 fully saturated rings. The number of rotatable bonds is 9. The van der Waals surface area contributed by atoms with Crippen LogP contribution >= 0.6 is 11.8 Å². The molecule has 2 aromatic rings. The van der Waals surface area contributed by atoms with E-state index in [9.17, 15) is 9.59 Å². The van der Waals surface area contributed by atoms with Crippen LogP contribution in [-0.4, -0.2) is 53.9 Å². The van der Waals surface area contributed by atoms with Gasteiger partial charge in [-0.15, -0.1) is 0 Å². The van der Waals surface area contributed by atoms with Gasteiger partial charge in [-0.3, -0.25) is 9.36 Å². The predicted molar refractivity (Wildman–Crippen MR) is 116 cm³/mol. The largest absolute Gasteiger partial charge is 0.497 e. The minimum atomic E-state index is -0.206. The van der Waals surface area contributed by atoms with Crippen LogP contribution < -0.4 is 15.7 Å². The SMILES string of the molecule is COc1ccc(NC(=O)CSc2nc(=O)n(CCCN(C)C)c3c2CCC3)cc1. The first kappa shape index (κ1) is 21.4. The van der Waals surface area contributed by atoms with Gasteiger partial charge >= 0.3 is 5.69 Å². The first-order chi connectivity index (χ1) is 14.0. The minimum Gasteiger partial charge on any atom is -0.497 e. The lowest BCUT2D eigenvalue weighted by molar-refractivity contribution is -0.113. The highest BCUT2D eigenvalue weighted by Gasteiger charge is 2.22. The van der Waals surface area contributed by atoms with Gasteiger partial charge in [0, 0.05) is 23.5 Å². The van der Waals surface area contributed by atoms with Crippen molar-refractivity contribution in [1.29, 1.82) is 0 Å². The van der Waals surface area contributed by atoms with Crippen molar-refractivity contribution < 1.29 is 9.53 Å². The Kier molecular flexibility index (Phi) is 7.33. The fourth-order valence-electron chi connectivity index (χ4n) is 3.49. The molecule has 0 saturated heterocycles. The number of methoxy groups -OCH3 is 1. The van der Waals surface area contributed by atoms with Crippen molar-refractivity contribution in [2.24, 2.45) is 0 Å². The third kappa shape index (κ3) is 5.61. The molecule has 1 N–H and O–H groups in total. The van der Waals surface area contributed by atoms with E-state index in [1.807, 2.05) is 18.7 Å². The highest BCUT2D eigenvalue weighted by molar-refractivity contribution is 8.00. The number of carbonyl (C=O) groups is 1. The van der Waals surface area contributed by atoms with E-state index in [1.54, 1.807) is 31.4 Å². The molecule has 1 heterocycles. The molecule has 0 radical (unpaired) electrons. The van der Waals surface area contributed by atoms with Crippen LogP contribution in [0.15, 0.2) is 34.1 Å². The van der Waals surface area contributed by atoms with E-state index in [4.69, 9.17) is 4.74 Å². The number of anilines is 1. The number of fused-ring (bicyclic) bond motifs is 1. The minimum absolute atomic E-state index is 0.121. The standard InChI is InChI=1S/C21H28N4O3S/c1-24(2)12-5-13-25-18-7-4-6-17(18)20(23-21(25)27)29-14-19(26)22-15-8-10-16(28-3)11-9-15/h8-11H,4-7,12-14H2,1-3H3,(H,22,26). The van der Waals surface area contributed by atoms with Crippen molar-refractivity contribution in [2.45, 2.75) is 37.3 Å². The summed E-state index contributed by atoms with van der Waals surface area (Å²) in [6.07, 6.45) is 3.76. The van der Waals surface area contributed by atoms with Gasteiger partial charge in [-0.05, 0) is 70.6 Å². The fourth-order valence-corrected chi connectivity index (χ4v) is 4.36. The maximum absolute atomic E-state index is 12.6. The van der Waals surface area contributed by atoms with Gasteiger partial charge in [0.05, 0.1) is 12.9 Å². The van der Waals surface area contributed by atoms with Crippen LogP contribution in [0.2, 0.25) is 0 Å². The van der Waals surface area contributed by atoms with Crippen molar-refractivity contribution >= 4 is 23.4 Å². The Morgan fingerprint density at radius 3 is 2.72 bits per heavy atom. The number of hydrogen-bond acceptors (Lipinski definition) is 6. The molecule has 0 spiro atoms. The molecule has 156 valence electrons. The van der Waals surface area contributed by atoms with Crippen LogP contribution in [0.3, 0.4) is 0 Å². The molecule has 7 nitrogen and oxygen atoms in total. The van der Waals surface area contributed by atoms with E-state index in [0.29, 0.717) is 17.3 Å². The van der Waals surface area contributed by atoms with Crippen LogP contribution in [0.25, 0.3) is 0 Å². The molecule has 1 aliphatic carbocycles. The van der Waals surface area contributed by atoms with Gasteiger partial charge in [0.15, 0.2) is 0 Å². The summed E-state index contributed by atoms with van der Waals surface area (Å²) in [5, 5.41) is 3.57. The van der Waals surface area contributed by atoms with Gasteiger partial charge in [-0.2, -0.15) is 4.98 Å². The second kappa shape index (κ2) is 9.93. The Morgan fingerprint density at radius 1 is 1.28 bits per heavy atom. The van der Waals surface area contributed by atoms with E-state index in [2.05, 4.69) is 15.2 Å². The molecule has 1 amide bonds. The zero-order valence-corrected chi connectivity index (χ0v) is 18.1. The molecular formula is C21H28N4O3S. The monoisotopic (exact) mass is 416 g/mol. The summed E-state index contributed by atoms with van der Waals surface area (Å²) in [5.41, 5.74) is 2.74. The van der Waals surface area contributed by atoms with Crippen LogP contribution in [-0.2, 0) is 24.2 Å². The number of aromatic nitrogens is 2. The summed E-state index contributed by atoms with van der Waals surface area (Å²) >= 11 is 1.34. The van der Waals surface area contributed by atoms with Crippen LogP contribution in [0, 0.1) is 0 Å². The highest BCUT2D eigenvalue weighted by atomic mass is 32.2. The number of carbonyl (C=O) groups excluding carboxylic acids is 1. The topological polar surface area (TPSA) is 76.5 Å². The van der Waals surface area contributed by atoms with Crippen LogP contribution in [0.1, 0.15) is 24.1 Å². The Bertz CT molecular complexity index is 909. The lowest BCUT2D eigenvalue weighted by Crippen LogP contribution is -2.29. The zero-order chi connectivity index (χ0) is 20.8. The molecule has 1 aromatic carbocycles. The summed E-state index contributed by atoms with van der Waals surface area (Å²) in [7, 11) is 5.66. The fraction of sp³-hybridized carbons (Fsp3) is 0.476. The highest BCUT2D eigenvalue weighted by Crippen LogP contribution is 2.29. The van der Waals surface area contributed by atoms with Crippen molar-refractivity contribution in [3.05, 3.63) is 46.0 Å². The number of nitrogens with one attached hydrogen (secondary N) is 1. The molecule has 0 unspecified atom stereocenters. The van der Waals surface area contributed by atoms with E-state index in [-0.39, 0.29) is 17.3 Å². The van der Waals surface area contributed by atoms with E-state index < -0.39 is 0 Å². The summed E-state index contributed by atoms with van der Waals surface area (Å²) in [6.45, 7) is 1.62. The summed E-state index contributed by atoms with van der Waals surface area (Å²) in [5.74, 6) is 0.836. The molecule has 1 aliphatic rings. The van der Waals surface area contributed by atoms with Gasteiger partial charge in [0.1, 0.15) is 10.8 Å². The molecule has 0 saturated carbocycles. The second-order valence-corrected chi connectivity index (χ2v) is 8.32. The van der Waals surface area contributed by atoms with Crippen molar-refractivity contribution in [2.75, 3.05) is 38.8 Å². The Hall–Kier alpha value is -2.32. The molecule has 0 aliphatic heterocycles. The van der Waals surface area contributed by atoms with Gasteiger partial charge < -0.3 is 15.0 Å². The van der Waals surface area contributed by atoms with Gasteiger partial charge in [-0.25, -0.2) is 4.79 Å². The van der Waals surface area contributed by atoms with E-state index >= 15 is 0 Å². The maximum atomic E-state index is 12.6. The van der Waals surface area contributed by atoms with Crippen molar-refractivity contribution in [1.82, 2.24) is 14.5 Å². The lowest BCUT2D eigenvalue weighted by atomic mass is 10.2. The zero-order valence-electron chi connectivity index (χ0n) is 17.2. The summed E-state index contributed by atoms with van der Waals surface area (Å²) in [6, 6.07) is 7.19. The molecule has 1 aromatic heterocycles. The van der Waals surface area contributed by atoms with E-state index in [1.165, 1.54) is 11.8 Å². The third-order valence-corrected chi connectivity index (χ3v) is 5.92. The molecule has 0 atom stereocenters. The first-order valence-electron chi connectivity index (χ1n) is 9.82. The normalized spacial score (nSPS) is 12.8. The third-order valence-electron chi connectivity index (χ3n) is 4.90. The molecule has 8 heteroatoms. The number of amides is 1. The van der Waals surface area contributed by atoms with Crippen LogP contribution in [0.4, 0.5) is 5.69 Å². The summed E-state index contributed by atoms with van der Waals surface area (Å²) < 4.78 is 6.95. The van der Waals surface area contributed by atoms with Crippen molar-refractivity contribution in [3.63, 3.8) is 0 Å². The Balaban J connectivity index is 1.64. The van der Waals surface area contributed by atoms with Gasteiger partial charge in [0.25, 0.3) is 0 Å². The lowest BCUT2D eigenvalue weighted by Gasteiger charge is -2.15. The Morgan fingerprint density at radius 2 is 2.03 bits per heavy atom. The summed E-state index contributed by atoms with van der Waals surface area (Å²) in [4.78, 5) is 31.3. The van der Waals surface area contributed by atoms with E-state index in [0.717, 1.165) is 49.2 Å². The Labute approximate surface area is 175 Å². The smallest absolute Gasteiger partial charge is 0.348 e. The number of ether oxygens (including phenoxy) is 1. The molecular weight excluding hydrogens is 388 g/mol. The predicted octanol–water partition coefficient (Wildman–Crippen LogP) is 2.42. The first-order valence-corrected chi connectivity index (χ1v) is 10.8. The molecule has 0 bridgehead atoms. The quantitative estimate of drug-likeness (QED) is 0.500. The van der Waals surface area contributed by atoms with Crippen LogP contribution in [0.5, 0.6) is 5.75 Å². The average Bonchev–Trinajstić information content (AvgIpc) is 3.18. The average molecular weight is 417 g/mol. The van der Waals surface area contributed by atoms with Crippen molar-refractivity contribution in [3.8, 4) is 5.75 Å². The number of benzene rings is 1. The number of nitrogens with zero attached hydrogens (tertiary/aromatic N) is 3. The van der Waals surface area contributed by atoms with Gasteiger partial charge in [0.2, 0.25) is 5.91 Å². The van der Waals surface area contributed by atoms with Gasteiger partial charge in [-0.1, -0.05) is 11.8 Å². The second-order valence-electron chi connectivity index (χ2n) is 7.35. The number of thioether (sulfide) groups is 1. The molecule has 29 heavy (non-hydrogen) atoms. The maximum Gasteiger partial charge on any atom is 0.348 e. The number of hydrogen-bond donors (Lipinski definition) is 1.